The fraction of sp³-hybridized carbons (Fsp3) is 0.625. The van der Waals surface area contributed by atoms with E-state index < -0.39 is 0 Å². The molecule has 1 heterocycles. The Morgan fingerprint density at radius 2 is 1.89 bits per heavy atom. The van der Waals surface area contributed by atoms with Crippen LogP contribution in [0.5, 0.6) is 0 Å². The molecule has 2 nitrogen and oxygen atoms in total. The Kier molecular flexibility index (Phi) is 5.86. The molecule has 1 aliphatic rings. The van der Waals surface area contributed by atoms with Crippen LogP contribution in [0.4, 0.5) is 0 Å². The number of hydrogen-bond donors (Lipinski definition) is 1. The number of aliphatic hydroxyl groups excluding tert-OH is 1. The second kappa shape index (κ2) is 7.41. The van der Waals surface area contributed by atoms with Gasteiger partial charge in [-0.2, -0.15) is 0 Å². The van der Waals surface area contributed by atoms with Gasteiger partial charge in [-0.25, -0.2) is 0 Å². The van der Waals surface area contributed by atoms with Crippen molar-refractivity contribution in [1.82, 2.24) is 4.90 Å². The summed E-state index contributed by atoms with van der Waals surface area (Å²) in [5.41, 5.74) is 1.39. The SMILES string of the molecule is CC(CO)CC1CCN(Cc2ccc(Br)cc2)CC1. The molecule has 106 valence electrons. The van der Waals surface area contributed by atoms with Crippen LogP contribution < -0.4 is 0 Å². The van der Waals surface area contributed by atoms with Crippen molar-refractivity contribution in [2.24, 2.45) is 11.8 Å². The lowest BCUT2D eigenvalue weighted by atomic mass is 9.88. The molecule has 1 unspecified atom stereocenters. The van der Waals surface area contributed by atoms with E-state index in [1.165, 1.54) is 37.9 Å². The van der Waals surface area contributed by atoms with Crippen LogP contribution in [0.15, 0.2) is 28.7 Å². The highest BCUT2D eigenvalue weighted by molar-refractivity contribution is 9.10. The first kappa shape index (κ1) is 15.0. The van der Waals surface area contributed by atoms with Gasteiger partial charge >= 0.3 is 0 Å². The predicted octanol–water partition coefficient (Wildman–Crippen LogP) is 3.68. The van der Waals surface area contributed by atoms with E-state index in [2.05, 4.69) is 52.0 Å². The summed E-state index contributed by atoms with van der Waals surface area (Å²) in [6.45, 7) is 5.93. The Morgan fingerprint density at radius 1 is 1.26 bits per heavy atom. The third-order valence-corrected chi connectivity index (χ3v) is 4.60. The van der Waals surface area contributed by atoms with Gasteiger partial charge in [-0.05, 0) is 61.9 Å². The quantitative estimate of drug-likeness (QED) is 0.892. The molecule has 0 aromatic heterocycles. The molecule has 0 aliphatic carbocycles. The minimum atomic E-state index is 0.332. The highest BCUT2D eigenvalue weighted by Gasteiger charge is 2.20. The zero-order valence-corrected chi connectivity index (χ0v) is 13.3. The lowest BCUT2D eigenvalue weighted by Crippen LogP contribution is -2.33. The van der Waals surface area contributed by atoms with E-state index in [-0.39, 0.29) is 0 Å². The summed E-state index contributed by atoms with van der Waals surface area (Å²) in [6.07, 6.45) is 3.74. The van der Waals surface area contributed by atoms with Gasteiger partial charge in [0.2, 0.25) is 0 Å². The van der Waals surface area contributed by atoms with E-state index in [1.807, 2.05) is 0 Å². The van der Waals surface area contributed by atoms with Gasteiger partial charge in [0, 0.05) is 17.6 Å². The van der Waals surface area contributed by atoms with Gasteiger partial charge in [0.15, 0.2) is 0 Å². The number of piperidine rings is 1. The molecule has 1 aliphatic heterocycles. The van der Waals surface area contributed by atoms with Gasteiger partial charge < -0.3 is 5.11 Å². The fourth-order valence-corrected chi connectivity index (χ4v) is 3.14. The maximum absolute atomic E-state index is 9.12. The molecule has 2 rings (SSSR count). The summed E-state index contributed by atoms with van der Waals surface area (Å²) in [5, 5.41) is 9.12. The van der Waals surface area contributed by atoms with Crippen molar-refractivity contribution in [3.8, 4) is 0 Å². The van der Waals surface area contributed by atoms with Crippen molar-refractivity contribution in [3.63, 3.8) is 0 Å². The number of likely N-dealkylation sites (tertiary alicyclic amines) is 1. The first-order valence-corrected chi connectivity index (χ1v) is 8.04. The highest BCUT2D eigenvalue weighted by Crippen LogP contribution is 2.25. The molecule has 1 saturated heterocycles. The smallest absolute Gasteiger partial charge is 0.0456 e. The molecule has 1 N–H and O–H groups in total. The highest BCUT2D eigenvalue weighted by atomic mass is 79.9. The first-order valence-electron chi connectivity index (χ1n) is 7.25. The molecule has 0 bridgehead atoms. The summed E-state index contributed by atoms with van der Waals surface area (Å²) in [6, 6.07) is 8.63. The zero-order valence-electron chi connectivity index (χ0n) is 11.7. The minimum absolute atomic E-state index is 0.332. The van der Waals surface area contributed by atoms with E-state index >= 15 is 0 Å². The summed E-state index contributed by atoms with van der Waals surface area (Å²) < 4.78 is 1.15. The fourth-order valence-electron chi connectivity index (χ4n) is 2.87. The van der Waals surface area contributed by atoms with Crippen molar-refractivity contribution in [2.75, 3.05) is 19.7 Å². The lowest BCUT2D eigenvalue weighted by molar-refractivity contribution is 0.145. The number of benzene rings is 1. The number of hydrogen-bond acceptors (Lipinski definition) is 2. The summed E-state index contributed by atoms with van der Waals surface area (Å²) in [5.74, 6) is 1.27. The second-order valence-corrected chi connectivity index (χ2v) is 6.79. The van der Waals surface area contributed by atoms with Crippen LogP contribution in [0.1, 0.15) is 31.7 Å². The molecule has 0 radical (unpaired) electrons. The zero-order chi connectivity index (χ0) is 13.7. The average molecular weight is 326 g/mol. The molecule has 1 atom stereocenters. The van der Waals surface area contributed by atoms with E-state index in [0.29, 0.717) is 12.5 Å². The third-order valence-electron chi connectivity index (χ3n) is 4.07. The van der Waals surface area contributed by atoms with Gasteiger partial charge in [-0.3, -0.25) is 4.90 Å². The van der Waals surface area contributed by atoms with E-state index in [1.54, 1.807) is 0 Å². The van der Waals surface area contributed by atoms with Crippen molar-refractivity contribution in [2.45, 2.75) is 32.7 Å². The second-order valence-electron chi connectivity index (χ2n) is 5.87. The number of rotatable bonds is 5. The van der Waals surface area contributed by atoms with Gasteiger partial charge in [-0.1, -0.05) is 35.0 Å². The van der Waals surface area contributed by atoms with E-state index in [0.717, 1.165) is 16.9 Å². The normalized spacial score (nSPS) is 19.5. The lowest BCUT2D eigenvalue weighted by Gasteiger charge is -2.33. The van der Waals surface area contributed by atoms with E-state index in [4.69, 9.17) is 5.11 Å². The average Bonchev–Trinajstić information content (AvgIpc) is 2.43. The Bertz CT molecular complexity index is 371. The molecule has 1 aromatic carbocycles. The molecule has 19 heavy (non-hydrogen) atoms. The minimum Gasteiger partial charge on any atom is -0.396 e. The van der Waals surface area contributed by atoms with Crippen LogP contribution in [0, 0.1) is 11.8 Å². The van der Waals surface area contributed by atoms with Crippen molar-refractivity contribution in [3.05, 3.63) is 34.3 Å². The monoisotopic (exact) mass is 325 g/mol. The summed E-state index contributed by atoms with van der Waals surface area (Å²) in [4.78, 5) is 2.54. The maximum atomic E-state index is 9.12. The van der Waals surface area contributed by atoms with Crippen molar-refractivity contribution < 1.29 is 5.11 Å². The standard InChI is InChI=1S/C16H24BrNO/c1-13(12-19)10-14-6-8-18(9-7-14)11-15-2-4-16(17)5-3-15/h2-5,13-14,19H,6-12H2,1H3. The summed E-state index contributed by atoms with van der Waals surface area (Å²) in [7, 11) is 0. The Hall–Kier alpha value is -0.380. The van der Waals surface area contributed by atoms with Gasteiger partial charge in [0.25, 0.3) is 0 Å². The number of nitrogens with zero attached hydrogens (tertiary/aromatic N) is 1. The largest absolute Gasteiger partial charge is 0.396 e. The van der Waals surface area contributed by atoms with Crippen LogP contribution in [0.3, 0.4) is 0 Å². The maximum Gasteiger partial charge on any atom is 0.0456 e. The van der Waals surface area contributed by atoms with Gasteiger partial charge in [0.1, 0.15) is 0 Å². The van der Waals surface area contributed by atoms with Crippen LogP contribution >= 0.6 is 15.9 Å². The number of aliphatic hydroxyl groups is 1. The molecule has 0 amide bonds. The third kappa shape index (κ3) is 4.90. The summed E-state index contributed by atoms with van der Waals surface area (Å²) >= 11 is 3.47. The van der Waals surface area contributed by atoms with Crippen LogP contribution in [-0.4, -0.2) is 29.7 Å². The van der Waals surface area contributed by atoms with Crippen LogP contribution in [0.2, 0.25) is 0 Å². The molecular weight excluding hydrogens is 302 g/mol. The van der Waals surface area contributed by atoms with Crippen molar-refractivity contribution >= 4 is 15.9 Å². The Labute approximate surface area is 124 Å². The van der Waals surface area contributed by atoms with Gasteiger partial charge in [-0.15, -0.1) is 0 Å². The molecule has 0 saturated carbocycles. The topological polar surface area (TPSA) is 23.5 Å². The molecule has 0 spiro atoms. The molecular formula is C16H24BrNO. The van der Waals surface area contributed by atoms with E-state index in [9.17, 15) is 0 Å². The predicted molar refractivity (Wildman–Crippen MR) is 83.0 cm³/mol. The van der Waals surface area contributed by atoms with Crippen molar-refractivity contribution in [1.29, 1.82) is 0 Å². The number of halogens is 1. The van der Waals surface area contributed by atoms with Crippen LogP contribution in [0.25, 0.3) is 0 Å². The van der Waals surface area contributed by atoms with Crippen LogP contribution in [-0.2, 0) is 6.54 Å². The molecule has 1 fully saturated rings. The molecule has 3 heteroatoms. The first-order chi connectivity index (χ1) is 9.17. The Balaban J connectivity index is 1.75. The molecule has 1 aromatic rings. The van der Waals surface area contributed by atoms with Gasteiger partial charge in [0.05, 0.1) is 0 Å². The Morgan fingerprint density at radius 3 is 2.47 bits per heavy atom.